The van der Waals surface area contributed by atoms with Crippen molar-refractivity contribution in [2.75, 3.05) is 20.1 Å². The SMILES string of the molecule is Cc1noc(C)c1S(=O)(=O)N1CCC(C(=O)N(C)C(C)(C)C(=O)O)CC1. The topological polar surface area (TPSA) is 121 Å². The number of likely N-dealkylation sites (N-methyl/N-ethyl adjacent to an activating group) is 1. The van der Waals surface area contributed by atoms with E-state index in [4.69, 9.17) is 4.52 Å². The lowest BCUT2D eigenvalue weighted by molar-refractivity contribution is -0.157. The van der Waals surface area contributed by atoms with Crippen LogP contribution in [0.3, 0.4) is 0 Å². The van der Waals surface area contributed by atoms with Crippen molar-refractivity contribution in [3.05, 3.63) is 11.5 Å². The number of aryl methyl sites for hydroxylation is 2. The van der Waals surface area contributed by atoms with Crippen LogP contribution >= 0.6 is 0 Å². The van der Waals surface area contributed by atoms with Gasteiger partial charge in [0.1, 0.15) is 16.1 Å². The van der Waals surface area contributed by atoms with E-state index in [0.717, 1.165) is 0 Å². The average molecular weight is 387 g/mol. The molecule has 1 fully saturated rings. The summed E-state index contributed by atoms with van der Waals surface area (Å²) in [7, 11) is -2.27. The van der Waals surface area contributed by atoms with Crippen molar-refractivity contribution in [1.29, 1.82) is 0 Å². The first-order valence-corrected chi connectivity index (χ1v) is 9.78. The van der Waals surface area contributed by atoms with Crippen molar-refractivity contribution < 1.29 is 27.6 Å². The van der Waals surface area contributed by atoms with Gasteiger partial charge < -0.3 is 14.5 Å². The summed E-state index contributed by atoms with van der Waals surface area (Å²) in [6, 6.07) is 0. The van der Waals surface area contributed by atoms with Gasteiger partial charge in [0.25, 0.3) is 0 Å². The normalized spacial score (nSPS) is 17.3. The largest absolute Gasteiger partial charge is 0.480 e. The fourth-order valence-electron chi connectivity index (χ4n) is 3.01. The molecule has 1 saturated heterocycles. The number of carbonyl (C=O) groups excluding carboxylic acids is 1. The van der Waals surface area contributed by atoms with E-state index in [0.29, 0.717) is 18.5 Å². The molecule has 1 aromatic heterocycles. The summed E-state index contributed by atoms with van der Waals surface area (Å²) in [4.78, 5) is 25.2. The molecule has 0 aliphatic carbocycles. The Labute approximate surface area is 153 Å². The average Bonchev–Trinajstić information content (AvgIpc) is 2.92. The van der Waals surface area contributed by atoms with Crippen molar-refractivity contribution in [2.45, 2.75) is 51.0 Å². The molecule has 0 aromatic carbocycles. The number of carboxylic acid groups (broad SMARTS) is 1. The molecular formula is C16H25N3O6S. The van der Waals surface area contributed by atoms with Gasteiger partial charge in [0.15, 0.2) is 5.76 Å². The Morgan fingerprint density at radius 1 is 1.27 bits per heavy atom. The minimum Gasteiger partial charge on any atom is -0.480 e. The Morgan fingerprint density at radius 2 is 1.81 bits per heavy atom. The molecule has 1 aliphatic rings. The van der Waals surface area contributed by atoms with Crippen LogP contribution in [-0.2, 0) is 19.6 Å². The molecule has 0 saturated carbocycles. The second-order valence-corrected chi connectivity index (χ2v) is 8.97. The summed E-state index contributed by atoms with van der Waals surface area (Å²) >= 11 is 0. The zero-order valence-electron chi connectivity index (χ0n) is 15.6. The number of sulfonamides is 1. The van der Waals surface area contributed by atoms with E-state index in [2.05, 4.69) is 5.16 Å². The monoisotopic (exact) mass is 387 g/mol. The summed E-state index contributed by atoms with van der Waals surface area (Å²) in [6.07, 6.45) is 0.670. The third-order valence-corrected chi connectivity index (χ3v) is 7.21. The van der Waals surface area contributed by atoms with Gasteiger partial charge in [-0.3, -0.25) is 4.79 Å². The standard InChI is InChI=1S/C16H25N3O6S/c1-10-13(11(2)25-17-10)26(23,24)19-8-6-12(7-9-19)14(20)18(5)16(3,4)15(21)22/h12H,6-9H2,1-5H3,(H,21,22). The van der Waals surface area contributed by atoms with E-state index in [1.165, 1.54) is 30.1 Å². The second kappa shape index (κ2) is 6.99. The number of hydrogen-bond acceptors (Lipinski definition) is 6. The highest BCUT2D eigenvalue weighted by Crippen LogP contribution is 2.29. The lowest BCUT2D eigenvalue weighted by atomic mass is 9.94. The third-order valence-electron chi connectivity index (χ3n) is 5.06. The summed E-state index contributed by atoms with van der Waals surface area (Å²) in [5.74, 6) is -1.54. The molecule has 1 amide bonds. The van der Waals surface area contributed by atoms with Gasteiger partial charge in [0, 0.05) is 26.1 Å². The molecule has 10 heteroatoms. The van der Waals surface area contributed by atoms with Crippen molar-refractivity contribution in [2.24, 2.45) is 5.92 Å². The second-order valence-electron chi connectivity index (χ2n) is 7.09. The molecule has 146 valence electrons. The van der Waals surface area contributed by atoms with Crippen LogP contribution in [0.5, 0.6) is 0 Å². The van der Waals surface area contributed by atoms with Gasteiger partial charge in [-0.2, -0.15) is 4.31 Å². The first-order chi connectivity index (χ1) is 11.9. The molecule has 1 aliphatic heterocycles. The maximum atomic E-state index is 12.8. The Kier molecular flexibility index (Phi) is 5.48. The van der Waals surface area contributed by atoms with Crippen molar-refractivity contribution >= 4 is 21.9 Å². The Balaban J connectivity index is 2.10. The Morgan fingerprint density at radius 3 is 2.23 bits per heavy atom. The molecule has 26 heavy (non-hydrogen) atoms. The summed E-state index contributed by atoms with van der Waals surface area (Å²) in [5, 5.41) is 13.0. The van der Waals surface area contributed by atoms with Gasteiger partial charge in [0.2, 0.25) is 15.9 Å². The zero-order valence-corrected chi connectivity index (χ0v) is 16.5. The number of aliphatic carboxylic acids is 1. The Hall–Kier alpha value is -1.94. The molecule has 0 radical (unpaired) electrons. The van der Waals surface area contributed by atoms with Crippen LogP contribution < -0.4 is 0 Å². The van der Waals surface area contributed by atoms with Gasteiger partial charge in [-0.05, 0) is 40.5 Å². The van der Waals surface area contributed by atoms with E-state index in [1.807, 2.05) is 0 Å². The van der Waals surface area contributed by atoms with Crippen molar-refractivity contribution in [1.82, 2.24) is 14.4 Å². The predicted molar refractivity (Wildman–Crippen MR) is 91.9 cm³/mol. The van der Waals surface area contributed by atoms with Crippen LogP contribution in [0.4, 0.5) is 0 Å². The third kappa shape index (κ3) is 3.48. The predicted octanol–water partition coefficient (Wildman–Crippen LogP) is 1.01. The highest BCUT2D eigenvalue weighted by molar-refractivity contribution is 7.89. The number of carboxylic acids is 1. The fourth-order valence-corrected chi connectivity index (χ4v) is 4.77. The van der Waals surface area contributed by atoms with E-state index in [-0.39, 0.29) is 29.7 Å². The van der Waals surface area contributed by atoms with Crippen LogP contribution in [0.15, 0.2) is 9.42 Å². The maximum Gasteiger partial charge on any atom is 0.329 e. The quantitative estimate of drug-likeness (QED) is 0.800. The van der Waals surface area contributed by atoms with Crippen LogP contribution in [0, 0.1) is 19.8 Å². The minimum absolute atomic E-state index is 0.0754. The maximum absolute atomic E-state index is 12.8. The minimum atomic E-state index is -3.73. The van der Waals surface area contributed by atoms with Crippen LogP contribution in [0.25, 0.3) is 0 Å². The molecule has 2 heterocycles. The lowest BCUT2D eigenvalue weighted by Gasteiger charge is -2.37. The molecule has 1 aromatic rings. The number of nitrogens with zero attached hydrogens (tertiary/aromatic N) is 3. The van der Waals surface area contributed by atoms with E-state index < -0.39 is 27.4 Å². The molecular weight excluding hydrogens is 362 g/mol. The van der Waals surface area contributed by atoms with Crippen LogP contribution in [0.1, 0.15) is 38.1 Å². The first-order valence-electron chi connectivity index (χ1n) is 8.34. The van der Waals surface area contributed by atoms with E-state index >= 15 is 0 Å². The lowest BCUT2D eigenvalue weighted by Crippen LogP contribution is -2.54. The first kappa shape index (κ1) is 20.4. The van der Waals surface area contributed by atoms with E-state index in [1.54, 1.807) is 13.8 Å². The molecule has 1 N–H and O–H groups in total. The molecule has 0 atom stereocenters. The Bertz CT molecular complexity index is 786. The fraction of sp³-hybridized carbons (Fsp3) is 0.688. The van der Waals surface area contributed by atoms with E-state index in [9.17, 15) is 23.1 Å². The zero-order chi connectivity index (χ0) is 19.9. The highest BCUT2D eigenvalue weighted by Gasteiger charge is 2.40. The smallest absolute Gasteiger partial charge is 0.329 e. The van der Waals surface area contributed by atoms with Gasteiger partial charge in [-0.15, -0.1) is 0 Å². The number of aromatic nitrogens is 1. The van der Waals surface area contributed by atoms with Crippen LogP contribution in [-0.4, -0.2) is 65.4 Å². The molecule has 9 nitrogen and oxygen atoms in total. The number of piperidine rings is 1. The molecule has 0 spiro atoms. The molecule has 0 unspecified atom stereocenters. The van der Waals surface area contributed by atoms with Crippen molar-refractivity contribution in [3.63, 3.8) is 0 Å². The van der Waals surface area contributed by atoms with Crippen molar-refractivity contribution in [3.8, 4) is 0 Å². The van der Waals surface area contributed by atoms with Gasteiger partial charge >= 0.3 is 5.97 Å². The van der Waals surface area contributed by atoms with Gasteiger partial charge in [-0.25, -0.2) is 13.2 Å². The number of hydrogen-bond donors (Lipinski definition) is 1. The number of rotatable bonds is 5. The van der Waals surface area contributed by atoms with Gasteiger partial charge in [0.05, 0.1) is 0 Å². The summed E-state index contributed by atoms with van der Waals surface area (Å²) in [5.41, 5.74) is -1.01. The summed E-state index contributed by atoms with van der Waals surface area (Å²) in [6.45, 7) is 6.41. The van der Waals surface area contributed by atoms with Gasteiger partial charge in [-0.1, -0.05) is 5.16 Å². The molecule has 0 bridgehead atoms. The van der Waals surface area contributed by atoms with Crippen LogP contribution in [0.2, 0.25) is 0 Å². The summed E-state index contributed by atoms with van der Waals surface area (Å²) < 4.78 is 31.9. The number of carbonyl (C=O) groups is 2. The molecule has 2 rings (SSSR count). The highest BCUT2D eigenvalue weighted by atomic mass is 32.2. The number of amides is 1.